The Hall–Kier alpha value is -2.85. The van der Waals surface area contributed by atoms with Gasteiger partial charge < -0.3 is 14.4 Å². The summed E-state index contributed by atoms with van der Waals surface area (Å²) >= 11 is 0. The van der Waals surface area contributed by atoms with Gasteiger partial charge in [0.05, 0.1) is 13.7 Å². The van der Waals surface area contributed by atoms with E-state index in [1.54, 1.807) is 18.9 Å². The minimum absolute atomic E-state index is 0.0457. The van der Waals surface area contributed by atoms with Crippen molar-refractivity contribution in [3.63, 3.8) is 0 Å². The second-order valence-corrected chi connectivity index (χ2v) is 6.42. The molecule has 0 aromatic heterocycles. The van der Waals surface area contributed by atoms with Crippen LogP contribution in [-0.2, 0) is 16.1 Å². The van der Waals surface area contributed by atoms with Gasteiger partial charge in [-0.05, 0) is 54.4 Å². The summed E-state index contributed by atoms with van der Waals surface area (Å²) in [5.74, 6) is 0.733. The van der Waals surface area contributed by atoms with Crippen molar-refractivity contribution in [1.29, 1.82) is 0 Å². The zero-order valence-corrected chi connectivity index (χ0v) is 16.0. The lowest BCUT2D eigenvalue weighted by molar-refractivity contribution is -0.129. The summed E-state index contributed by atoms with van der Waals surface area (Å²) < 4.78 is 11.1. The Balaban J connectivity index is 1.70. The van der Waals surface area contributed by atoms with Crippen LogP contribution in [0.15, 0.2) is 66.7 Å². The van der Waals surface area contributed by atoms with Crippen LogP contribution in [0.25, 0.3) is 10.8 Å². The van der Waals surface area contributed by atoms with E-state index < -0.39 is 6.10 Å². The van der Waals surface area contributed by atoms with Crippen LogP contribution >= 0.6 is 0 Å². The van der Waals surface area contributed by atoms with E-state index in [-0.39, 0.29) is 5.91 Å². The lowest BCUT2D eigenvalue weighted by Gasteiger charge is -2.25. The number of hydrogen-bond acceptors (Lipinski definition) is 3. The zero-order chi connectivity index (χ0) is 19.2. The molecule has 4 nitrogen and oxygen atoms in total. The summed E-state index contributed by atoms with van der Waals surface area (Å²) in [5, 5.41) is 2.28. The molecule has 4 heteroatoms. The smallest absolute Gasteiger partial charge is 0.255 e. The molecule has 3 aromatic carbocycles. The number of likely N-dealkylation sites (N-methyl/N-ethyl adjacent to an activating group) is 1. The van der Waals surface area contributed by atoms with Gasteiger partial charge >= 0.3 is 0 Å². The molecular formula is C23H25NO3. The molecule has 1 amide bonds. The van der Waals surface area contributed by atoms with Crippen LogP contribution < -0.4 is 9.64 Å². The third-order valence-corrected chi connectivity index (χ3v) is 4.61. The van der Waals surface area contributed by atoms with Gasteiger partial charge in [-0.2, -0.15) is 0 Å². The monoisotopic (exact) mass is 363 g/mol. The van der Waals surface area contributed by atoms with Crippen LogP contribution in [0.4, 0.5) is 5.69 Å². The first-order chi connectivity index (χ1) is 13.1. The molecule has 0 heterocycles. The van der Waals surface area contributed by atoms with E-state index in [2.05, 4.69) is 12.1 Å². The Morgan fingerprint density at radius 2 is 1.78 bits per heavy atom. The maximum absolute atomic E-state index is 12.9. The van der Waals surface area contributed by atoms with Crippen molar-refractivity contribution in [2.45, 2.75) is 26.6 Å². The summed E-state index contributed by atoms with van der Waals surface area (Å²) in [5.41, 5.74) is 1.86. The van der Waals surface area contributed by atoms with Crippen molar-refractivity contribution in [1.82, 2.24) is 0 Å². The van der Waals surface area contributed by atoms with Crippen molar-refractivity contribution >= 4 is 22.4 Å². The van der Waals surface area contributed by atoms with E-state index in [0.29, 0.717) is 13.2 Å². The summed E-state index contributed by atoms with van der Waals surface area (Å²) in [7, 11) is 1.63. The van der Waals surface area contributed by atoms with Crippen molar-refractivity contribution in [3.8, 4) is 5.75 Å². The van der Waals surface area contributed by atoms with Gasteiger partial charge in [0.25, 0.3) is 5.91 Å². The third-order valence-electron chi connectivity index (χ3n) is 4.61. The van der Waals surface area contributed by atoms with Crippen molar-refractivity contribution < 1.29 is 14.3 Å². The number of hydrogen-bond donors (Lipinski definition) is 0. The highest BCUT2D eigenvalue weighted by Crippen LogP contribution is 2.23. The molecule has 0 aliphatic rings. The number of anilines is 1. The molecule has 0 radical (unpaired) electrons. The number of ether oxygens (including phenoxy) is 2. The van der Waals surface area contributed by atoms with Gasteiger partial charge in [0.15, 0.2) is 0 Å². The lowest BCUT2D eigenvalue weighted by atomic mass is 10.1. The minimum Gasteiger partial charge on any atom is -0.497 e. The fourth-order valence-corrected chi connectivity index (χ4v) is 3.08. The van der Waals surface area contributed by atoms with E-state index in [1.807, 2.05) is 61.5 Å². The minimum atomic E-state index is -0.539. The first-order valence-electron chi connectivity index (χ1n) is 9.17. The predicted molar refractivity (Wildman–Crippen MR) is 109 cm³/mol. The normalized spacial score (nSPS) is 12.0. The average molecular weight is 363 g/mol. The molecule has 140 valence electrons. The molecule has 0 N–H and O–H groups in total. The van der Waals surface area contributed by atoms with Gasteiger partial charge in [-0.3, -0.25) is 4.79 Å². The predicted octanol–water partition coefficient (Wildman–Crippen LogP) is 4.81. The largest absolute Gasteiger partial charge is 0.497 e. The lowest BCUT2D eigenvalue weighted by Crippen LogP contribution is -2.39. The molecule has 1 unspecified atom stereocenters. The average Bonchev–Trinajstić information content (AvgIpc) is 2.72. The van der Waals surface area contributed by atoms with Gasteiger partial charge in [-0.1, -0.05) is 42.5 Å². The molecule has 0 bridgehead atoms. The van der Waals surface area contributed by atoms with E-state index in [9.17, 15) is 4.79 Å². The number of rotatable bonds is 7. The first kappa shape index (κ1) is 18.9. The number of benzene rings is 3. The second kappa shape index (κ2) is 8.69. The highest BCUT2D eigenvalue weighted by molar-refractivity contribution is 5.98. The van der Waals surface area contributed by atoms with Crippen LogP contribution in [0, 0.1) is 0 Å². The molecule has 0 saturated heterocycles. The Kier molecular flexibility index (Phi) is 6.09. The molecule has 1 atom stereocenters. The highest BCUT2D eigenvalue weighted by atomic mass is 16.5. The number of carbonyl (C=O) groups is 1. The molecule has 0 fully saturated rings. The SMILES string of the molecule is CCN(C(=O)C(C)OCc1cccc(OC)c1)c1ccc2ccccc2c1. The Morgan fingerprint density at radius 1 is 1.00 bits per heavy atom. The number of amides is 1. The van der Waals surface area contributed by atoms with E-state index >= 15 is 0 Å². The topological polar surface area (TPSA) is 38.8 Å². The molecular weight excluding hydrogens is 338 g/mol. The van der Waals surface area contributed by atoms with Gasteiger partial charge in [0.2, 0.25) is 0 Å². The number of nitrogens with zero attached hydrogens (tertiary/aromatic N) is 1. The molecule has 0 aliphatic carbocycles. The zero-order valence-electron chi connectivity index (χ0n) is 16.0. The Bertz CT molecular complexity index is 922. The van der Waals surface area contributed by atoms with Crippen molar-refractivity contribution in [3.05, 3.63) is 72.3 Å². The summed E-state index contributed by atoms with van der Waals surface area (Å²) in [6.07, 6.45) is -0.539. The van der Waals surface area contributed by atoms with Gasteiger partial charge in [-0.15, -0.1) is 0 Å². The van der Waals surface area contributed by atoms with Crippen molar-refractivity contribution in [2.75, 3.05) is 18.6 Å². The third kappa shape index (κ3) is 4.47. The Morgan fingerprint density at radius 3 is 2.52 bits per heavy atom. The Labute approximate surface area is 160 Å². The summed E-state index contributed by atoms with van der Waals surface area (Å²) in [6, 6.07) is 21.9. The molecule has 27 heavy (non-hydrogen) atoms. The first-order valence-corrected chi connectivity index (χ1v) is 9.17. The summed E-state index contributed by atoms with van der Waals surface area (Å²) in [4.78, 5) is 14.7. The van der Waals surface area contributed by atoms with E-state index in [0.717, 1.165) is 27.8 Å². The molecule has 0 aliphatic heterocycles. The number of methoxy groups -OCH3 is 1. The molecule has 3 rings (SSSR count). The van der Waals surface area contributed by atoms with Gasteiger partial charge in [0, 0.05) is 12.2 Å². The maximum atomic E-state index is 12.9. The fraction of sp³-hybridized carbons (Fsp3) is 0.261. The van der Waals surface area contributed by atoms with E-state index in [4.69, 9.17) is 9.47 Å². The quantitative estimate of drug-likeness (QED) is 0.605. The fourth-order valence-electron chi connectivity index (χ4n) is 3.08. The van der Waals surface area contributed by atoms with Crippen LogP contribution in [0.3, 0.4) is 0 Å². The van der Waals surface area contributed by atoms with Gasteiger partial charge in [-0.25, -0.2) is 0 Å². The molecule has 3 aromatic rings. The second-order valence-electron chi connectivity index (χ2n) is 6.42. The molecule has 0 spiro atoms. The number of carbonyl (C=O) groups excluding carboxylic acids is 1. The van der Waals surface area contributed by atoms with E-state index in [1.165, 1.54) is 0 Å². The highest BCUT2D eigenvalue weighted by Gasteiger charge is 2.21. The molecule has 0 saturated carbocycles. The van der Waals surface area contributed by atoms with Crippen LogP contribution in [0.2, 0.25) is 0 Å². The maximum Gasteiger partial charge on any atom is 0.255 e. The van der Waals surface area contributed by atoms with Crippen LogP contribution in [0.1, 0.15) is 19.4 Å². The van der Waals surface area contributed by atoms with Crippen molar-refractivity contribution in [2.24, 2.45) is 0 Å². The van der Waals surface area contributed by atoms with Gasteiger partial charge in [0.1, 0.15) is 11.9 Å². The van der Waals surface area contributed by atoms with Crippen LogP contribution in [0.5, 0.6) is 5.75 Å². The number of fused-ring (bicyclic) bond motifs is 1. The van der Waals surface area contributed by atoms with Crippen LogP contribution in [-0.4, -0.2) is 25.7 Å². The standard InChI is InChI=1S/C23H25NO3/c1-4-24(21-13-12-19-9-5-6-10-20(19)15-21)23(25)17(2)27-16-18-8-7-11-22(14-18)26-3/h5-15,17H,4,16H2,1-3H3. The summed E-state index contributed by atoms with van der Waals surface area (Å²) in [6.45, 7) is 4.72.